The highest BCUT2D eigenvalue weighted by molar-refractivity contribution is 6.33. The van der Waals surface area contributed by atoms with E-state index in [1.165, 1.54) is 0 Å². The van der Waals surface area contributed by atoms with Gasteiger partial charge in [-0.3, -0.25) is 0 Å². The van der Waals surface area contributed by atoms with Crippen molar-refractivity contribution >= 4 is 34.8 Å². The zero-order valence-corrected chi connectivity index (χ0v) is 8.37. The predicted octanol–water partition coefficient (Wildman–Crippen LogP) is 3.27. The summed E-state index contributed by atoms with van der Waals surface area (Å²) in [6, 6.07) is 4.90. The quantitative estimate of drug-likeness (QED) is 0.766. The second-order valence-corrected chi connectivity index (χ2v) is 3.49. The Morgan fingerprint density at radius 1 is 1.33 bits per heavy atom. The number of aliphatic hydroxyl groups is 1. The number of hydrogen-bond donors (Lipinski definition) is 1. The minimum atomic E-state index is -0.752. The Morgan fingerprint density at radius 2 is 2.00 bits per heavy atom. The van der Waals surface area contributed by atoms with Crippen molar-refractivity contribution in [3.8, 4) is 0 Å². The molecule has 0 aliphatic carbocycles. The first-order valence-corrected chi connectivity index (χ1v) is 4.63. The fourth-order valence-corrected chi connectivity index (χ4v) is 1.44. The van der Waals surface area contributed by atoms with Crippen LogP contribution in [0, 0.1) is 0 Å². The summed E-state index contributed by atoms with van der Waals surface area (Å²) in [6.07, 6.45) is -0.752. The zero-order chi connectivity index (χ0) is 9.14. The summed E-state index contributed by atoms with van der Waals surface area (Å²) < 4.78 is 0. The second kappa shape index (κ2) is 4.33. The van der Waals surface area contributed by atoms with Gasteiger partial charge in [0.1, 0.15) is 0 Å². The van der Waals surface area contributed by atoms with Crippen LogP contribution in [-0.4, -0.2) is 11.0 Å². The van der Waals surface area contributed by atoms with Gasteiger partial charge in [-0.05, 0) is 18.2 Å². The molecule has 0 aromatic heterocycles. The third kappa shape index (κ3) is 2.27. The van der Waals surface area contributed by atoms with E-state index in [4.69, 9.17) is 34.8 Å². The van der Waals surface area contributed by atoms with Gasteiger partial charge >= 0.3 is 0 Å². The molecule has 1 nitrogen and oxygen atoms in total. The Morgan fingerprint density at radius 3 is 2.58 bits per heavy atom. The van der Waals surface area contributed by atoms with Gasteiger partial charge in [-0.1, -0.05) is 23.2 Å². The number of rotatable bonds is 2. The Bertz CT molecular complexity index is 275. The Balaban J connectivity index is 3.04. The minimum absolute atomic E-state index is 0.111. The van der Waals surface area contributed by atoms with Crippen LogP contribution in [-0.2, 0) is 0 Å². The maximum atomic E-state index is 9.36. The number of halogens is 3. The molecule has 1 atom stereocenters. The molecule has 1 N–H and O–H groups in total. The van der Waals surface area contributed by atoms with E-state index < -0.39 is 6.10 Å². The lowest BCUT2D eigenvalue weighted by Crippen LogP contribution is -1.99. The van der Waals surface area contributed by atoms with Gasteiger partial charge in [-0.15, -0.1) is 11.6 Å². The van der Waals surface area contributed by atoms with Crippen molar-refractivity contribution in [1.82, 2.24) is 0 Å². The molecule has 0 aliphatic rings. The number of aliphatic hydroxyl groups excluding tert-OH is 1. The highest BCUT2D eigenvalue weighted by Gasteiger charge is 2.10. The molecule has 1 rings (SSSR count). The van der Waals surface area contributed by atoms with Crippen LogP contribution >= 0.6 is 34.8 Å². The standard InChI is InChI=1S/C8H7Cl3O/c9-4-8(12)6-3-5(10)1-2-7(6)11/h1-3,8,12H,4H2/t8-/m0/s1. The van der Waals surface area contributed by atoms with Crippen molar-refractivity contribution < 1.29 is 5.11 Å². The lowest BCUT2D eigenvalue weighted by Gasteiger charge is -2.08. The fourth-order valence-electron chi connectivity index (χ4n) is 0.853. The first kappa shape index (κ1) is 10.1. The molecule has 66 valence electrons. The fraction of sp³-hybridized carbons (Fsp3) is 0.250. The normalized spacial score (nSPS) is 13.0. The van der Waals surface area contributed by atoms with Crippen molar-refractivity contribution in [2.24, 2.45) is 0 Å². The summed E-state index contributed by atoms with van der Waals surface area (Å²) in [5.41, 5.74) is 0.569. The third-order valence-corrected chi connectivity index (χ3v) is 2.33. The van der Waals surface area contributed by atoms with Crippen LogP contribution in [0.25, 0.3) is 0 Å². The molecule has 1 aromatic carbocycles. The monoisotopic (exact) mass is 224 g/mol. The average molecular weight is 226 g/mol. The first-order chi connectivity index (χ1) is 5.65. The van der Waals surface area contributed by atoms with E-state index >= 15 is 0 Å². The van der Waals surface area contributed by atoms with Crippen molar-refractivity contribution in [3.63, 3.8) is 0 Å². The third-order valence-electron chi connectivity index (χ3n) is 1.46. The molecule has 0 spiro atoms. The predicted molar refractivity (Wildman–Crippen MR) is 52.1 cm³/mol. The van der Waals surface area contributed by atoms with E-state index in [2.05, 4.69) is 0 Å². The molecule has 0 saturated carbocycles. The molecule has 0 bridgehead atoms. The molecule has 1 aromatic rings. The summed E-state index contributed by atoms with van der Waals surface area (Å²) in [5, 5.41) is 10.4. The molecule has 0 unspecified atom stereocenters. The van der Waals surface area contributed by atoms with E-state index in [1.807, 2.05) is 0 Å². The van der Waals surface area contributed by atoms with Gasteiger partial charge in [0, 0.05) is 15.6 Å². The van der Waals surface area contributed by atoms with E-state index in [9.17, 15) is 5.11 Å². The lowest BCUT2D eigenvalue weighted by atomic mass is 10.1. The van der Waals surface area contributed by atoms with Crippen LogP contribution in [0.3, 0.4) is 0 Å². The summed E-state index contributed by atoms with van der Waals surface area (Å²) >= 11 is 17.0. The van der Waals surface area contributed by atoms with Crippen LogP contribution in [0.2, 0.25) is 10.0 Å². The smallest absolute Gasteiger partial charge is 0.0940 e. The molecule has 12 heavy (non-hydrogen) atoms. The lowest BCUT2D eigenvalue weighted by molar-refractivity contribution is 0.203. The Kier molecular flexibility index (Phi) is 3.66. The molecule has 0 saturated heterocycles. The Labute approximate surface area is 85.9 Å². The molecule has 0 amide bonds. The van der Waals surface area contributed by atoms with Gasteiger partial charge in [-0.25, -0.2) is 0 Å². The molecule has 0 aliphatic heterocycles. The second-order valence-electron chi connectivity index (χ2n) is 2.34. The van der Waals surface area contributed by atoms with E-state index in [1.54, 1.807) is 18.2 Å². The topological polar surface area (TPSA) is 20.2 Å². The first-order valence-electron chi connectivity index (χ1n) is 3.34. The van der Waals surface area contributed by atoms with E-state index in [0.717, 1.165) is 0 Å². The van der Waals surface area contributed by atoms with Crippen LogP contribution in [0.1, 0.15) is 11.7 Å². The zero-order valence-electron chi connectivity index (χ0n) is 6.10. The molecule has 0 fully saturated rings. The average Bonchev–Trinajstić information content (AvgIpc) is 2.08. The van der Waals surface area contributed by atoms with Crippen molar-refractivity contribution in [2.75, 3.05) is 5.88 Å². The summed E-state index contributed by atoms with van der Waals surface area (Å²) in [6.45, 7) is 0. The minimum Gasteiger partial charge on any atom is -0.387 e. The maximum absolute atomic E-state index is 9.36. The number of hydrogen-bond acceptors (Lipinski definition) is 1. The van der Waals surface area contributed by atoms with Gasteiger partial charge < -0.3 is 5.11 Å². The molecular weight excluding hydrogens is 218 g/mol. The van der Waals surface area contributed by atoms with Gasteiger partial charge in [0.2, 0.25) is 0 Å². The van der Waals surface area contributed by atoms with Crippen molar-refractivity contribution in [2.45, 2.75) is 6.10 Å². The van der Waals surface area contributed by atoms with Crippen LogP contribution in [0.5, 0.6) is 0 Å². The van der Waals surface area contributed by atoms with Crippen LogP contribution in [0.15, 0.2) is 18.2 Å². The van der Waals surface area contributed by atoms with Crippen LogP contribution in [0.4, 0.5) is 0 Å². The molecular formula is C8H7Cl3O. The molecule has 4 heteroatoms. The van der Waals surface area contributed by atoms with Gasteiger partial charge in [0.05, 0.1) is 12.0 Å². The summed E-state index contributed by atoms with van der Waals surface area (Å²) in [5.74, 6) is 0.111. The van der Waals surface area contributed by atoms with Crippen molar-refractivity contribution in [3.05, 3.63) is 33.8 Å². The van der Waals surface area contributed by atoms with Crippen molar-refractivity contribution in [1.29, 1.82) is 0 Å². The summed E-state index contributed by atoms with van der Waals surface area (Å²) in [7, 11) is 0. The number of benzene rings is 1. The SMILES string of the molecule is O[C@@H](CCl)c1cc(Cl)ccc1Cl. The molecule has 0 heterocycles. The van der Waals surface area contributed by atoms with E-state index in [-0.39, 0.29) is 5.88 Å². The van der Waals surface area contributed by atoms with Crippen LogP contribution < -0.4 is 0 Å². The Hall–Kier alpha value is 0.0500. The highest BCUT2D eigenvalue weighted by atomic mass is 35.5. The largest absolute Gasteiger partial charge is 0.387 e. The summed E-state index contributed by atoms with van der Waals surface area (Å²) in [4.78, 5) is 0. The van der Waals surface area contributed by atoms with E-state index in [0.29, 0.717) is 15.6 Å². The van der Waals surface area contributed by atoms with Gasteiger partial charge in [-0.2, -0.15) is 0 Å². The van der Waals surface area contributed by atoms with Gasteiger partial charge in [0.15, 0.2) is 0 Å². The number of alkyl halides is 1. The maximum Gasteiger partial charge on any atom is 0.0940 e. The van der Waals surface area contributed by atoms with Gasteiger partial charge in [0.25, 0.3) is 0 Å². The molecule has 0 radical (unpaired) electrons. The highest BCUT2D eigenvalue weighted by Crippen LogP contribution is 2.26.